The second kappa shape index (κ2) is 6.03. The first-order chi connectivity index (χ1) is 8.33. The predicted molar refractivity (Wildman–Crippen MR) is 70.4 cm³/mol. The zero-order valence-corrected chi connectivity index (χ0v) is 10.4. The van der Waals surface area contributed by atoms with E-state index in [1.807, 2.05) is 25.2 Å². The van der Waals surface area contributed by atoms with Crippen molar-refractivity contribution in [3.63, 3.8) is 0 Å². The number of phenolic OH excluding ortho intramolecular Hbond substituents is 1. The molecule has 3 N–H and O–H groups in total. The van der Waals surface area contributed by atoms with Crippen LogP contribution in [0.4, 0.5) is 0 Å². The Kier molecular flexibility index (Phi) is 4.40. The molecular weight excluding hydrogens is 212 g/mol. The summed E-state index contributed by atoms with van der Waals surface area (Å²) >= 11 is 0. The number of phenols is 1. The van der Waals surface area contributed by atoms with Crippen LogP contribution >= 0.6 is 0 Å². The smallest absolute Gasteiger partial charge is 0.119 e. The molecular formula is C14H22N2O. The molecule has 1 aliphatic rings. The van der Waals surface area contributed by atoms with Gasteiger partial charge >= 0.3 is 0 Å². The van der Waals surface area contributed by atoms with Crippen molar-refractivity contribution in [2.45, 2.75) is 18.8 Å². The van der Waals surface area contributed by atoms with E-state index in [0.717, 1.165) is 25.2 Å². The van der Waals surface area contributed by atoms with Gasteiger partial charge in [0.2, 0.25) is 0 Å². The van der Waals surface area contributed by atoms with Crippen molar-refractivity contribution in [1.82, 2.24) is 10.6 Å². The fraction of sp³-hybridized carbons (Fsp3) is 0.571. The van der Waals surface area contributed by atoms with Gasteiger partial charge < -0.3 is 15.7 Å². The molecule has 3 nitrogen and oxygen atoms in total. The van der Waals surface area contributed by atoms with Crippen molar-refractivity contribution >= 4 is 0 Å². The van der Waals surface area contributed by atoms with Gasteiger partial charge in [0.15, 0.2) is 0 Å². The number of piperidine rings is 1. The molecule has 0 bridgehead atoms. The normalized spacial score (nSPS) is 22.3. The van der Waals surface area contributed by atoms with E-state index < -0.39 is 0 Å². The fourth-order valence-electron chi connectivity index (χ4n) is 2.77. The molecule has 1 aromatic rings. The number of hydrogen-bond acceptors (Lipinski definition) is 3. The quantitative estimate of drug-likeness (QED) is 0.743. The summed E-state index contributed by atoms with van der Waals surface area (Å²) in [5.74, 6) is 1.44. The lowest BCUT2D eigenvalue weighted by Crippen LogP contribution is -2.36. The van der Waals surface area contributed by atoms with E-state index in [0.29, 0.717) is 17.6 Å². The average molecular weight is 234 g/mol. The minimum atomic E-state index is 0.397. The van der Waals surface area contributed by atoms with Crippen LogP contribution in [0.3, 0.4) is 0 Å². The predicted octanol–water partition coefficient (Wildman–Crippen LogP) is 1.69. The summed E-state index contributed by atoms with van der Waals surface area (Å²) in [5.41, 5.74) is 1.08. The summed E-state index contributed by atoms with van der Waals surface area (Å²) < 4.78 is 0. The Morgan fingerprint density at radius 1 is 1.47 bits per heavy atom. The number of para-hydroxylation sites is 1. The van der Waals surface area contributed by atoms with Crippen LogP contribution in [0, 0.1) is 5.92 Å². The van der Waals surface area contributed by atoms with Crippen molar-refractivity contribution in [3.05, 3.63) is 29.8 Å². The number of benzene rings is 1. The second-order valence-corrected chi connectivity index (χ2v) is 4.83. The van der Waals surface area contributed by atoms with Crippen LogP contribution < -0.4 is 10.6 Å². The molecule has 0 aliphatic carbocycles. The summed E-state index contributed by atoms with van der Waals surface area (Å²) in [4.78, 5) is 0. The number of likely N-dealkylation sites (N-methyl/N-ethyl adjacent to an activating group) is 1. The van der Waals surface area contributed by atoms with E-state index in [-0.39, 0.29) is 0 Å². The first-order valence-electron chi connectivity index (χ1n) is 6.46. The van der Waals surface area contributed by atoms with Crippen molar-refractivity contribution in [2.24, 2.45) is 5.92 Å². The van der Waals surface area contributed by atoms with Crippen molar-refractivity contribution in [3.8, 4) is 5.75 Å². The van der Waals surface area contributed by atoms with Gasteiger partial charge in [-0.3, -0.25) is 0 Å². The summed E-state index contributed by atoms with van der Waals surface area (Å²) in [6, 6.07) is 7.72. The molecule has 0 amide bonds. The van der Waals surface area contributed by atoms with E-state index in [1.165, 1.54) is 12.8 Å². The van der Waals surface area contributed by atoms with Crippen LogP contribution in [-0.4, -0.2) is 31.8 Å². The number of aromatic hydroxyl groups is 1. The maximum Gasteiger partial charge on any atom is 0.119 e. The molecule has 17 heavy (non-hydrogen) atoms. The minimum Gasteiger partial charge on any atom is -0.508 e. The Balaban J connectivity index is 2.18. The molecule has 94 valence electrons. The molecule has 3 heteroatoms. The van der Waals surface area contributed by atoms with Crippen molar-refractivity contribution < 1.29 is 5.11 Å². The SMILES string of the molecule is CNCC(c1ccccc1O)C1CCCNC1. The Labute approximate surface area is 103 Å². The molecule has 1 fully saturated rings. The van der Waals surface area contributed by atoms with Crippen LogP contribution in [0.1, 0.15) is 24.3 Å². The number of rotatable bonds is 4. The lowest BCUT2D eigenvalue weighted by atomic mass is 9.81. The van der Waals surface area contributed by atoms with Crippen LogP contribution in [-0.2, 0) is 0 Å². The Morgan fingerprint density at radius 2 is 2.29 bits per heavy atom. The van der Waals surface area contributed by atoms with Gasteiger partial charge in [0, 0.05) is 12.5 Å². The van der Waals surface area contributed by atoms with Crippen LogP contribution in [0.25, 0.3) is 0 Å². The summed E-state index contributed by atoms with van der Waals surface area (Å²) in [7, 11) is 1.98. The van der Waals surface area contributed by atoms with E-state index in [2.05, 4.69) is 10.6 Å². The fourth-order valence-corrected chi connectivity index (χ4v) is 2.77. The van der Waals surface area contributed by atoms with Gasteiger partial charge in [-0.15, -0.1) is 0 Å². The Bertz CT molecular complexity index is 348. The third-order valence-electron chi connectivity index (χ3n) is 3.66. The topological polar surface area (TPSA) is 44.3 Å². The second-order valence-electron chi connectivity index (χ2n) is 4.83. The number of hydrogen-bond donors (Lipinski definition) is 3. The van der Waals surface area contributed by atoms with Crippen LogP contribution in [0.5, 0.6) is 5.75 Å². The monoisotopic (exact) mass is 234 g/mol. The molecule has 1 aromatic carbocycles. The highest BCUT2D eigenvalue weighted by molar-refractivity contribution is 5.35. The number of nitrogens with one attached hydrogen (secondary N) is 2. The third kappa shape index (κ3) is 2.99. The zero-order chi connectivity index (χ0) is 12.1. The molecule has 2 rings (SSSR count). The van der Waals surface area contributed by atoms with Crippen LogP contribution in [0.15, 0.2) is 24.3 Å². The van der Waals surface area contributed by atoms with E-state index in [1.54, 1.807) is 6.07 Å². The van der Waals surface area contributed by atoms with Crippen molar-refractivity contribution in [1.29, 1.82) is 0 Å². The lowest BCUT2D eigenvalue weighted by Gasteiger charge is -2.31. The Hall–Kier alpha value is -1.06. The highest BCUT2D eigenvalue weighted by Gasteiger charge is 2.26. The molecule has 2 atom stereocenters. The lowest BCUT2D eigenvalue weighted by molar-refractivity contribution is 0.311. The Morgan fingerprint density at radius 3 is 2.94 bits per heavy atom. The van der Waals surface area contributed by atoms with Crippen LogP contribution in [0.2, 0.25) is 0 Å². The minimum absolute atomic E-state index is 0.397. The summed E-state index contributed by atoms with van der Waals surface area (Å²) in [5, 5.41) is 16.7. The van der Waals surface area contributed by atoms with Gasteiger partial charge in [-0.1, -0.05) is 18.2 Å². The zero-order valence-electron chi connectivity index (χ0n) is 10.4. The maximum absolute atomic E-state index is 9.99. The summed E-state index contributed by atoms with van der Waals surface area (Å²) in [6.07, 6.45) is 2.48. The molecule has 0 radical (unpaired) electrons. The molecule has 1 heterocycles. The largest absolute Gasteiger partial charge is 0.508 e. The molecule has 0 spiro atoms. The van der Waals surface area contributed by atoms with Gasteiger partial charge in [-0.05, 0) is 50.5 Å². The molecule has 0 aromatic heterocycles. The van der Waals surface area contributed by atoms with Gasteiger partial charge in [0.05, 0.1) is 0 Å². The maximum atomic E-state index is 9.99. The first-order valence-corrected chi connectivity index (χ1v) is 6.46. The molecule has 1 aliphatic heterocycles. The van der Waals surface area contributed by atoms with E-state index in [4.69, 9.17) is 0 Å². The molecule has 1 saturated heterocycles. The van der Waals surface area contributed by atoms with E-state index >= 15 is 0 Å². The van der Waals surface area contributed by atoms with E-state index in [9.17, 15) is 5.11 Å². The van der Waals surface area contributed by atoms with Gasteiger partial charge in [-0.2, -0.15) is 0 Å². The van der Waals surface area contributed by atoms with Gasteiger partial charge in [-0.25, -0.2) is 0 Å². The molecule has 2 unspecified atom stereocenters. The standard InChI is InChI=1S/C14H22N2O/c1-15-10-13(11-5-4-8-16-9-11)12-6-2-3-7-14(12)17/h2-3,6-7,11,13,15-17H,4-5,8-10H2,1H3. The highest BCUT2D eigenvalue weighted by Crippen LogP contribution is 2.33. The molecule has 0 saturated carbocycles. The average Bonchev–Trinajstić information content (AvgIpc) is 2.38. The summed E-state index contributed by atoms with van der Waals surface area (Å²) in [6.45, 7) is 3.11. The first kappa shape index (κ1) is 12.4. The van der Waals surface area contributed by atoms with Gasteiger partial charge in [0.25, 0.3) is 0 Å². The van der Waals surface area contributed by atoms with Crippen molar-refractivity contribution in [2.75, 3.05) is 26.7 Å². The van der Waals surface area contributed by atoms with Gasteiger partial charge in [0.1, 0.15) is 5.75 Å². The highest BCUT2D eigenvalue weighted by atomic mass is 16.3. The third-order valence-corrected chi connectivity index (χ3v) is 3.66.